The average Bonchev–Trinajstić information content (AvgIpc) is 3.09. The van der Waals surface area contributed by atoms with Crippen LogP contribution >= 0.6 is 0 Å². The number of ether oxygens (including phenoxy) is 1. The van der Waals surface area contributed by atoms with E-state index in [0.29, 0.717) is 35.3 Å². The minimum atomic E-state index is -1.17. The molecule has 3 aromatic carbocycles. The molecule has 33 heavy (non-hydrogen) atoms. The van der Waals surface area contributed by atoms with Gasteiger partial charge in [-0.15, -0.1) is 0 Å². The second-order valence-electron chi connectivity index (χ2n) is 8.50. The van der Waals surface area contributed by atoms with Crippen LogP contribution in [0.15, 0.2) is 66.7 Å². The fraction of sp³-hybridized carbons (Fsp3) is 0.231. The Morgan fingerprint density at radius 2 is 1.85 bits per heavy atom. The molecule has 1 aliphatic rings. The second kappa shape index (κ2) is 9.02. The van der Waals surface area contributed by atoms with Gasteiger partial charge in [-0.2, -0.15) is 0 Å². The van der Waals surface area contributed by atoms with Crippen molar-refractivity contribution in [3.05, 3.63) is 101 Å². The molecular weight excluding hydrogens is 428 g/mol. The Morgan fingerprint density at radius 1 is 1.06 bits per heavy atom. The molecule has 7 heteroatoms. The molecule has 0 fully saturated rings. The van der Waals surface area contributed by atoms with Crippen LogP contribution in [0.25, 0.3) is 0 Å². The number of aliphatic carboxylic acids is 1. The summed E-state index contributed by atoms with van der Waals surface area (Å²) in [5.41, 5.74) is 1.47. The van der Waals surface area contributed by atoms with Crippen molar-refractivity contribution in [3.8, 4) is 5.75 Å². The maximum absolute atomic E-state index is 14.1. The van der Waals surface area contributed by atoms with E-state index in [1.54, 1.807) is 42.5 Å². The van der Waals surface area contributed by atoms with Crippen LogP contribution in [-0.2, 0) is 24.2 Å². The molecule has 0 radical (unpaired) electrons. The van der Waals surface area contributed by atoms with E-state index in [0.717, 1.165) is 10.5 Å². The third-order valence-corrected chi connectivity index (χ3v) is 5.63. The highest BCUT2D eigenvalue weighted by atomic mass is 19.1. The highest BCUT2D eigenvalue weighted by Crippen LogP contribution is 2.38. The van der Waals surface area contributed by atoms with Gasteiger partial charge in [-0.1, -0.05) is 30.3 Å². The third-order valence-electron chi connectivity index (χ3n) is 5.63. The van der Waals surface area contributed by atoms with Gasteiger partial charge in [-0.05, 0) is 60.0 Å². The smallest absolute Gasteiger partial charge is 0.323 e. The van der Waals surface area contributed by atoms with E-state index in [4.69, 9.17) is 4.74 Å². The zero-order chi connectivity index (χ0) is 23.6. The Hall–Kier alpha value is -3.74. The number of carboxylic acid groups (broad SMARTS) is 1. The van der Waals surface area contributed by atoms with Gasteiger partial charge in [0.2, 0.25) is 0 Å². The zero-order valence-corrected chi connectivity index (χ0v) is 18.1. The van der Waals surface area contributed by atoms with Crippen molar-refractivity contribution < 1.29 is 28.2 Å². The summed E-state index contributed by atoms with van der Waals surface area (Å²) in [6, 6.07) is 17.2. The lowest BCUT2D eigenvalue weighted by molar-refractivity contribution is -0.137. The van der Waals surface area contributed by atoms with Crippen molar-refractivity contribution in [2.75, 3.05) is 6.54 Å². The van der Waals surface area contributed by atoms with Gasteiger partial charge in [-0.25, -0.2) is 8.78 Å². The lowest BCUT2D eigenvalue weighted by atomic mass is 9.91. The minimum absolute atomic E-state index is 0.0402. The molecule has 5 nitrogen and oxygen atoms in total. The molecule has 0 spiro atoms. The number of benzene rings is 3. The molecule has 3 aromatic rings. The van der Waals surface area contributed by atoms with Gasteiger partial charge in [0, 0.05) is 24.9 Å². The Morgan fingerprint density at radius 3 is 2.58 bits per heavy atom. The number of fused-ring (bicyclic) bond motifs is 1. The summed E-state index contributed by atoms with van der Waals surface area (Å²) in [5.74, 6) is -1.79. The van der Waals surface area contributed by atoms with Gasteiger partial charge in [-0.3, -0.25) is 9.59 Å². The molecule has 0 aromatic heterocycles. The van der Waals surface area contributed by atoms with E-state index < -0.39 is 29.8 Å². The fourth-order valence-corrected chi connectivity index (χ4v) is 4.20. The Bertz CT molecular complexity index is 1210. The zero-order valence-electron chi connectivity index (χ0n) is 18.1. The molecule has 4 rings (SSSR count). The van der Waals surface area contributed by atoms with E-state index in [1.807, 2.05) is 6.92 Å². The largest absolute Gasteiger partial charge is 0.487 e. The first kappa shape index (κ1) is 22.5. The molecular formula is C26H23F2NO4. The van der Waals surface area contributed by atoms with Gasteiger partial charge < -0.3 is 14.7 Å². The second-order valence-corrected chi connectivity index (χ2v) is 8.50. The van der Waals surface area contributed by atoms with Crippen LogP contribution in [0, 0.1) is 11.6 Å². The third kappa shape index (κ3) is 5.19. The maximum Gasteiger partial charge on any atom is 0.323 e. The van der Waals surface area contributed by atoms with E-state index in [-0.39, 0.29) is 12.4 Å². The molecule has 0 bridgehead atoms. The first-order chi connectivity index (χ1) is 15.7. The van der Waals surface area contributed by atoms with Gasteiger partial charge in [0.25, 0.3) is 5.91 Å². The predicted octanol–water partition coefficient (Wildman–Crippen LogP) is 4.63. The van der Waals surface area contributed by atoms with E-state index in [2.05, 4.69) is 0 Å². The first-order valence-electron chi connectivity index (χ1n) is 10.5. The number of hydrogen-bond donors (Lipinski definition) is 1. The van der Waals surface area contributed by atoms with Crippen molar-refractivity contribution in [1.82, 2.24) is 4.90 Å². The van der Waals surface area contributed by atoms with Crippen LogP contribution in [0.3, 0.4) is 0 Å². The van der Waals surface area contributed by atoms with E-state index >= 15 is 0 Å². The molecule has 0 saturated carbocycles. The summed E-state index contributed by atoms with van der Waals surface area (Å²) in [6.45, 7) is 1.33. The van der Waals surface area contributed by atoms with Crippen molar-refractivity contribution in [2.24, 2.45) is 0 Å². The molecule has 1 atom stereocenters. The number of carbonyl (C=O) groups excluding carboxylic acids is 1. The summed E-state index contributed by atoms with van der Waals surface area (Å²) in [4.78, 5) is 25.7. The Labute approximate surface area is 190 Å². The lowest BCUT2D eigenvalue weighted by Crippen LogP contribution is -2.35. The molecule has 1 heterocycles. The molecule has 0 saturated heterocycles. The normalized spacial score (nSPS) is 16.7. The topological polar surface area (TPSA) is 66.8 Å². The van der Waals surface area contributed by atoms with Crippen molar-refractivity contribution in [1.29, 1.82) is 0 Å². The predicted molar refractivity (Wildman–Crippen MR) is 118 cm³/mol. The van der Waals surface area contributed by atoms with Crippen molar-refractivity contribution >= 4 is 11.9 Å². The summed E-state index contributed by atoms with van der Waals surface area (Å²) >= 11 is 0. The molecule has 1 N–H and O–H groups in total. The number of amides is 1. The maximum atomic E-state index is 14.1. The number of carboxylic acids is 1. The summed E-state index contributed by atoms with van der Waals surface area (Å²) in [6.07, 6.45) is 0.836. The quantitative estimate of drug-likeness (QED) is 0.569. The monoisotopic (exact) mass is 451 g/mol. The van der Waals surface area contributed by atoms with Crippen molar-refractivity contribution in [3.63, 3.8) is 0 Å². The van der Waals surface area contributed by atoms with Crippen LogP contribution in [-0.4, -0.2) is 34.0 Å². The number of hydrogen-bond acceptors (Lipinski definition) is 3. The van der Waals surface area contributed by atoms with Crippen LogP contribution in [0.4, 0.5) is 8.78 Å². The molecule has 0 unspecified atom stereocenters. The Balaban J connectivity index is 1.54. The van der Waals surface area contributed by atoms with Gasteiger partial charge in [0.1, 0.15) is 29.5 Å². The lowest BCUT2D eigenvalue weighted by Gasteiger charge is -2.24. The van der Waals surface area contributed by atoms with Gasteiger partial charge in [0.15, 0.2) is 0 Å². The number of carbonyl (C=O) groups is 2. The first-order valence-corrected chi connectivity index (χ1v) is 10.5. The highest BCUT2D eigenvalue weighted by Gasteiger charge is 2.36. The van der Waals surface area contributed by atoms with E-state index in [1.165, 1.54) is 24.3 Å². The van der Waals surface area contributed by atoms with Crippen LogP contribution in [0.1, 0.15) is 34.0 Å². The van der Waals surface area contributed by atoms with Crippen LogP contribution < -0.4 is 4.74 Å². The SMILES string of the molecule is C[C@]1(Cc2ccccc2F)Cc2cc(C(=O)N(CC(=O)O)Cc3cccc(F)c3)ccc2O1. The fourth-order valence-electron chi connectivity index (χ4n) is 4.20. The molecule has 0 aliphatic carbocycles. The molecule has 170 valence electrons. The molecule has 1 aliphatic heterocycles. The average molecular weight is 451 g/mol. The number of halogens is 2. The van der Waals surface area contributed by atoms with Crippen molar-refractivity contribution in [2.45, 2.75) is 31.9 Å². The van der Waals surface area contributed by atoms with Gasteiger partial charge in [0.05, 0.1) is 0 Å². The number of rotatable bonds is 7. The van der Waals surface area contributed by atoms with Gasteiger partial charge >= 0.3 is 5.97 Å². The number of nitrogens with zero attached hydrogens (tertiary/aromatic N) is 1. The van der Waals surface area contributed by atoms with Crippen LogP contribution in [0.2, 0.25) is 0 Å². The summed E-state index contributed by atoms with van der Waals surface area (Å²) in [5, 5.41) is 9.28. The summed E-state index contributed by atoms with van der Waals surface area (Å²) in [7, 11) is 0. The Kier molecular flexibility index (Phi) is 6.14. The summed E-state index contributed by atoms with van der Waals surface area (Å²) < 4.78 is 33.8. The van der Waals surface area contributed by atoms with E-state index in [9.17, 15) is 23.5 Å². The van der Waals surface area contributed by atoms with Crippen LogP contribution in [0.5, 0.6) is 5.75 Å². The minimum Gasteiger partial charge on any atom is -0.487 e. The molecule has 1 amide bonds. The highest BCUT2D eigenvalue weighted by molar-refractivity contribution is 5.96. The standard InChI is InChI=1S/C26H23F2NO4/c1-26(13-19-6-2-3-8-22(19)28)14-20-12-18(9-10-23(20)33-26)25(32)29(16-24(30)31)15-17-5-4-7-21(27)11-17/h2-12H,13-16H2,1H3,(H,30,31)/t26-/m0/s1.